The minimum Gasteiger partial charge on any atom is -0.496 e. The van der Waals surface area contributed by atoms with Crippen molar-refractivity contribution in [2.24, 2.45) is 9.98 Å². The van der Waals surface area contributed by atoms with Crippen LogP contribution in [0.3, 0.4) is 0 Å². The zero-order valence-corrected chi connectivity index (χ0v) is 23.6. The number of nitrogens with one attached hydrogen (secondary N) is 2. The fraction of sp³-hybridized carbons (Fsp3) is 0.300. The molecule has 2 N–H and O–H groups in total. The van der Waals surface area contributed by atoms with Gasteiger partial charge in [-0.05, 0) is 43.2 Å². The number of thioether (sulfide) groups is 1. The predicted molar refractivity (Wildman–Crippen MR) is 157 cm³/mol. The van der Waals surface area contributed by atoms with Gasteiger partial charge in [-0.1, -0.05) is 49.0 Å². The normalized spacial score (nSPS) is 16.3. The van der Waals surface area contributed by atoms with Crippen LogP contribution in [0.4, 0.5) is 5.69 Å². The van der Waals surface area contributed by atoms with Crippen molar-refractivity contribution in [1.29, 1.82) is 0 Å². The Hall–Kier alpha value is -4.38. The lowest BCUT2D eigenvalue weighted by molar-refractivity contribution is -0.125. The predicted octanol–water partition coefficient (Wildman–Crippen LogP) is 4.17. The van der Waals surface area contributed by atoms with E-state index in [1.807, 2.05) is 55.5 Å². The number of carbonyl (C=O) groups excluding carboxylic acids is 3. The van der Waals surface area contributed by atoms with Gasteiger partial charge >= 0.3 is 0 Å². The number of carbonyl (C=O) groups is 3. The lowest BCUT2D eigenvalue weighted by atomic mass is 10.1. The van der Waals surface area contributed by atoms with Crippen LogP contribution in [-0.4, -0.2) is 52.0 Å². The number of ether oxygens (including phenoxy) is 1. The highest BCUT2D eigenvalue weighted by Gasteiger charge is 2.42. The molecule has 0 aliphatic carbocycles. The Labute approximate surface area is 242 Å². The SMILES string of the molecule is CC[C@@H](SC1=Nc2ccccc2C2=N[C@@H](CCC(=O)NCc3ccccc3OC)C(=O)N12)C(=O)NCc1ccco1. The molecule has 3 heterocycles. The van der Waals surface area contributed by atoms with E-state index in [4.69, 9.17) is 19.1 Å². The molecule has 1 aromatic heterocycles. The van der Waals surface area contributed by atoms with Crippen LogP contribution in [0.5, 0.6) is 5.75 Å². The molecule has 3 amide bonds. The van der Waals surface area contributed by atoms with Gasteiger partial charge in [0, 0.05) is 24.1 Å². The number of aliphatic imine (C=N–C) groups is 2. The topological polar surface area (TPSA) is 126 Å². The molecule has 2 aromatic carbocycles. The van der Waals surface area contributed by atoms with E-state index in [2.05, 4.69) is 10.6 Å². The molecule has 2 aliphatic heterocycles. The largest absolute Gasteiger partial charge is 0.496 e. The van der Waals surface area contributed by atoms with Crippen molar-refractivity contribution in [1.82, 2.24) is 15.5 Å². The Balaban J connectivity index is 1.26. The first-order chi connectivity index (χ1) is 20.0. The highest BCUT2D eigenvalue weighted by Crippen LogP contribution is 2.36. The quantitative estimate of drug-likeness (QED) is 0.355. The second-order valence-electron chi connectivity index (χ2n) is 9.49. The van der Waals surface area contributed by atoms with E-state index >= 15 is 0 Å². The zero-order valence-electron chi connectivity index (χ0n) is 22.8. The molecule has 10 nitrogen and oxygen atoms in total. The van der Waals surface area contributed by atoms with Crippen LogP contribution in [0, 0.1) is 0 Å². The summed E-state index contributed by atoms with van der Waals surface area (Å²) in [6.07, 6.45) is 2.46. The third-order valence-corrected chi connectivity index (χ3v) is 8.11. The molecular formula is C30H31N5O5S. The van der Waals surface area contributed by atoms with Gasteiger partial charge in [0.25, 0.3) is 5.91 Å². The maximum Gasteiger partial charge on any atom is 0.259 e. The first-order valence-electron chi connectivity index (χ1n) is 13.4. The minimum atomic E-state index is -0.730. The summed E-state index contributed by atoms with van der Waals surface area (Å²) in [5, 5.41) is 5.71. The Kier molecular flexibility index (Phi) is 8.83. The number of amides is 3. The molecule has 2 atom stereocenters. The number of para-hydroxylation sites is 2. The van der Waals surface area contributed by atoms with E-state index in [-0.39, 0.29) is 37.1 Å². The molecule has 0 radical (unpaired) electrons. The van der Waals surface area contributed by atoms with Crippen molar-refractivity contribution in [2.75, 3.05) is 7.11 Å². The maximum absolute atomic E-state index is 13.6. The lowest BCUT2D eigenvalue weighted by Crippen LogP contribution is -2.43. The lowest BCUT2D eigenvalue weighted by Gasteiger charge is -2.27. The fourth-order valence-electron chi connectivity index (χ4n) is 4.62. The molecule has 5 rings (SSSR count). The molecule has 0 fully saturated rings. The highest BCUT2D eigenvalue weighted by molar-refractivity contribution is 8.15. The van der Waals surface area contributed by atoms with Crippen LogP contribution in [-0.2, 0) is 27.5 Å². The molecule has 0 saturated carbocycles. The zero-order chi connectivity index (χ0) is 28.8. The van der Waals surface area contributed by atoms with Crippen molar-refractivity contribution in [3.63, 3.8) is 0 Å². The Morgan fingerprint density at radius 3 is 2.66 bits per heavy atom. The summed E-state index contributed by atoms with van der Waals surface area (Å²) in [4.78, 5) is 50.2. The molecule has 11 heteroatoms. The molecule has 0 bridgehead atoms. The van der Waals surface area contributed by atoms with Crippen LogP contribution in [0.25, 0.3) is 0 Å². The molecule has 212 valence electrons. The van der Waals surface area contributed by atoms with Gasteiger partial charge in [0.1, 0.15) is 23.4 Å². The van der Waals surface area contributed by atoms with Gasteiger partial charge in [-0.25, -0.2) is 9.89 Å². The second-order valence-corrected chi connectivity index (χ2v) is 10.7. The molecular weight excluding hydrogens is 542 g/mol. The van der Waals surface area contributed by atoms with Gasteiger partial charge in [-0.15, -0.1) is 0 Å². The molecule has 0 saturated heterocycles. The summed E-state index contributed by atoms with van der Waals surface area (Å²) in [7, 11) is 1.59. The third kappa shape index (κ3) is 6.35. The number of furan rings is 1. The van der Waals surface area contributed by atoms with Crippen LogP contribution in [0.2, 0.25) is 0 Å². The van der Waals surface area contributed by atoms with Gasteiger partial charge in [0.2, 0.25) is 11.8 Å². The molecule has 0 unspecified atom stereocenters. The van der Waals surface area contributed by atoms with Crippen molar-refractivity contribution in [3.8, 4) is 5.75 Å². The summed E-state index contributed by atoms with van der Waals surface area (Å²) < 4.78 is 10.7. The maximum atomic E-state index is 13.6. The van der Waals surface area contributed by atoms with Crippen LogP contribution < -0.4 is 15.4 Å². The number of rotatable bonds is 11. The average molecular weight is 574 g/mol. The monoisotopic (exact) mass is 573 g/mol. The summed E-state index contributed by atoms with van der Waals surface area (Å²) >= 11 is 1.23. The van der Waals surface area contributed by atoms with Gasteiger partial charge < -0.3 is 19.8 Å². The standard InChI is InChI=1S/C30H31N5O5S/c1-3-25(28(37)32-18-20-10-8-16-40-20)41-30-34-22-12-6-5-11-21(22)27-33-23(29(38)35(27)30)14-15-26(36)31-17-19-9-4-7-13-24(19)39-2/h4-13,16,23,25H,3,14-15,17-18H2,1-2H3,(H,31,36)(H,32,37)/t23-,25+/m0/s1. The fourth-order valence-corrected chi connectivity index (χ4v) is 5.66. The van der Waals surface area contributed by atoms with Crippen molar-refractivity contribution < 1.29 is 23.5 Å². The number of methoxy groups -OCH3 is 1. The Bertz CT molecular complexity index is 1490. The van der Waals surface area contributed by atoms with E-state index < -0.39 is 11.3 Å². The molecule has 3 aromatic rings. The summed E-state index contributed by atoms with van der Waals surface area (Å²) in [5.41, 5.74) is 2.29. The van der Waals surface area contributed by atoms with E-state index in [1.54, 1.807) is 25.5 Å². The summed E-state index contributed by atoms with van der Waals surface area (Å²) in [6, 6.07) is 17.8. The number of benzene rings is 2. The molecule has 0 spiro atoms. The highest BCUT2D eigenvalue weighted by atomic mass is 32.2. The number of hydrogen-bond acceptors (Lipinski definition) is 8. The number of hydrogen-bond donors (Lipinski definition) is 2. The summed E-state index contributed by atoms with van der Waals surface area (Å²) in [6.45, 7) is 2.51. The number of amidine groups is 2. The number of nitrogens with zero attached hydrogens (tertiary/aromatic N) is 3. The summed E-state index contributed by atoms with van der Waals surface area (Å²) in [5.74, 6) is 1.23. The minimum absolute atomic E-state index is 0.129. The van der Waals surface area contributed by atoms with Gasteiger partial charge in [-0.2, -0.15) is 0 Å². The van der Waals surface area contributed by atoms with E-state index in [0.29, 0.717) is 41.2 Å². The van der Waals surface area contributed by atoms with E-state index in [9.17, 15) is 14.4 Å². The molecule has 2 aliphatic rings. The smallest absolute Gasteiger partial charge is 0.259 e. The van der Waals surface area contributed by atoms with Gasteiger partial charge in [0.05, 0.1) is 30.9 Å². The molecule has 41 heavy (non-hydrogen) atoms. The van der Waals surface area contributed by atoms with Crippen LogP contribution >= 0.6 is 11.8 Å². The van der Waals surface area contributed by atoms with Crippen LogP contribution in [0.1, 0.15) is 43.1 Å². The second kappa shape index (κ2) is 12.9. The van der Waals surface area contributed by atoms with E-state index in [0.717, 1.165) is 11.1 Å². The van der Waals surface area contributed by atoms with Crippen LogP contribution in [0.15, 0.2) is 81.3 Å². The van der Waals surface area contributed by atoms with E-state index in [1.165, 1.54) is 16.7 Å². The third-order valence-electron chi connectivity index (χ3n) is 6.79. The van der Waals surface area contributed by atoms with Gasteiger partial charge in [-0.3, -0.25) is 19.4 Å². The first-order valence-corrected chi connectivity index (χ1v) is 14.3. The average Bonchev–Trinajstić information content (AvgIpc) is 3.64. The Morgan fingerprint density at radius 2 is 1.88 bits per heavy atom. The van der Waals surface area contributed by atoms with Crippen molar-refractivity contribution >= 4 is 46.2 Å². The van der Waals surface area contributed by atoms with Gasteiger partial charge in [0.15, 0.2) is 5.17 Å². The Morgan fingerprint density at radius 1 is 1.07 bits per heavy atom. The first kappa shape index (κ1) is 28.2. The number of fused-ring (bicyclic) bond motifs is 3. The van der Waals surface area contributed by atoms with Crippen molar-refractivity contribution in [3.05, 3.63) is 83.8 Å². The van der Waals surface area contributed by atoms with Crippen molar-refractivity contribution in [2.45, 2.75) is 50.6 Å².